The maximum atomic E-state index is 5.31. The lowest BCUT2D eigenvalue weighted by atomic mass is 9.97. The molecule has 10 rings (SSSR count). The highest BCUT2D eigenvalue weighted by atomic mass is 15.2. The van der Waals surface area contributed by atoms with E-state index < -0.39 is 0 Å². The van der Waals surface area contributed by atoms with Crippen LogP contribution in [-0.4, -0.2) is 15.1 Å². The fourth-order valence-electron chi connectivity index (χ4n) is 7.65. The molecule has 1 aliphatic heterocycles. The number of aromatic nitrogens is 2. The summed E-state index contributed by atoms with van der Waals surface area (Å²) in [5, 5.41) is 8.40. The van der Waals surface area contributed by atoms with Crippen LogP contribution in [0.25, 0.3) is 71.6 Å². The molecule has 0 aliphatic carbocycles. The van der Waals surface area contributed by atoms with Crippen LogP contribution in [0, 0.1) is 0 Å². The molecule has 1 atom stereocenters. The Hall–Kier alpha value is -6.65. The van der Waals surface area contributed by atoms with Crippen LogP contribution in [0.4, 0.5) is 0 Å². The molecule has 0 fully saturated rings. The molecule has 2 aromatic heterocycles. The molecule has 1 N–H and O–H groups in total. The molecule has 50 heavy (non-hydrogen) atoms. The zero-order chi connectivity index (χ0) is 33.0. The molecule has 9 aromatic rings. The number of rotatable bonds is 4. The molecule has 0 amide bonds. The van der Waals surface area contributed by atoms with Crippen LogP contribution < -0.4 is 5.32 Å². The molecule has 3 heterocycles. The Labute approximate surface area is 289 Å². The highest BCUT2D eigenvalue weighted by Gasteiger charge is 2.20. The van der Waals surface area contributed by atoms with Gasteiger partial charge in [-0.2, -0.15) is 0 Å². The standard InChI is InChI=1S/C46H32N4/c1-2-11-31(12-3-1)32-21-23-33(24-22-32)34-13-10-14-35(29-34)41-27-28-47-46(48-41)50-44-20-9-6-17-39(44)40-30-36(25-26-45(40)50)49-42-18-7-4-15-37(42)38-16-5-8-19-43(38)49/h1-30,41H,(H,47,48). The first kappa shape index (κ1) is 28.4. The van der Waals surface area contributed by atoms with E-state index in [0.29, 0.717) is 0 Å². The quantitative estimate of drug-likeness (QED) is 0.204. The van der Waals surface area contributed by atoms with E-state index in [1.165, 1.54) is 54.8 Å². The molecule has 236 valence electrons. The van der Waals surface area contributed by atoms with Crippen molar-refractivity contribution in [3.05, 3.63) is 188 Å². The van der Waals surface area contributed by atoms with Crippen molar-refractivity contribution in [1.82, 2.24) is 14.5 Å². The number of nitrogens with one attached hydrogen (secondary N) is 1. The Balaban J connectivity index is 1.05. The van der Waals surface area contributed by atoms with Gasteiger partial charge in [-0.25, -0.2) is 4.99 Å². The summed E-state index contributed by atoms with van der Waals surface area (Å²) in [5.41, 5.74) is 11.8. The zero-order valence-electron chi connectivity index (χ0n) is 27.2. The molecule has 4 nitrogen and oxygen atoms in total. The minimum Gasteiger partial charge on any atom is -0.332 e. The molecule has 7 aromatic carbocycles. The highest BCUT2D eigenvalue weighted by Crippen LogP contribution is 2.36. The van der Waals surface area contributed by atoms with Crippen LogP contribution in [0.5, 0.6) is 0 Å². The van der Waals surface area contributed by atoms with Crippen LogP contribution in [0.1, 0.15) is 11.6 Å². The van der Waals surface area contributed by atoms with Gasteiger partial charge in [-0.3, -0.25) is 4.57 Å². The summed E-state index contributed by atoms with van der Waals surface area (Å²) in [5.74, 6) is 0.811. The van der Waals surface area contributed by atoms with Gasteiger partial charge < -0.3 is 9.88 Å². The molecule has 0 spiro atoms. The van der Waals surface area contributed by atoms with Crippen LogP contribution in [0.15, 0.2) is 187 Å². The van der Waals surface area contributed by atoms with Gasteiger partial charge in [0.15, 0.2) is 0 Å². The van der Waals surface area contributed by atoms with Gasteiger partial charge in [-0.15, -0.1) is 0 Å². The molecule has 1 unspecified atom stereocenters. The van der Waals surface area contributed by atoms with E-state index in [0.717, 1.165) is 28.2 Å². The van der Waals surface area contributed by atoms with Crippen molar-refractivity contribution in [2.45, 2.75) is 6.04 Å². The van der Waals surface area contributed by atoms with E-state index in [-0.39, 0.29) is 6.04 Å². The Morgan fingerprint density at radius 2 is 0.960 bits per heavy atom. The van der Waals surface area contributed by atoms with Crippen LogP contribution in [0.3, 0.4) is 0 Å². The maximum Gasteiger partial charge on any atom is 0.208 e. The average Bonchev–Trinajstić information content (AvgIpc) is 3.71. The molecular formula is C46H32N4. The summed E-state index contributed by atoms with van der Waals surface area (Å²) >= 11 is 0. The van der Waals surface area contributed by atoms with E-state index in [4.69, 9.17) is 4.99 Å². The monoisotopic (exact) mass is 640 g/mol. The van der Waals surface area contributed by atoms with Crippen LogP contribution in [-0.2, 0) is 0 Å². The Morgan fingerprint density at radius 3 is 1.66 bits per heavy atom. The van der Waals surface area contributed by atoms with Gasteiger partial charge in [0.1, 0.15) is 0 Å². The van der Waals surface area contributed by atoms with Gasteiger partial charge in [-0.1, -0.05) is 127 Å². The van der Waals surface area contributed by atoms with Crippen molar-refractivity contribution >= 4 is 49.6 Å². The third-order valence-electron chi connectivity index (χ3n) is 10.0. The highest BCUT2D eigenvalue weighted by molar-refractivity contribution is 6.15. The average molecular weight is 641 g/mol. The second kappa shape index (κ2) is 11.5. The topological polar surface area (TPSA) is 34.2 Å². The summed E-state index contributed by atoms with van der Waals surface area (Å²) in [4.78, 5) is 5.31. The third kappa shape index (κ3) is 4.57. The van der Waals surface area contributed by atoms with Crippen molar-refractivity contribution in [1.29, 1.82) is 0 Å². The van der Waals surface area contributed by atoms with Crippen molar-refractivity contribution in [2.75, 3.05) is 0 Å². The Bertz CT molecular complexity index is 2730. The lowest BCUT2D eigenvalue weighted by Crippen LogP contribution is -2.29. The van der Waals surface area contributed by atoms with Gasteiger partial charge in [-0.05, 0) is 76.4 Å². The van der Waals surface area contributed by atoms with Crippen molar-refractivity contribution < 1.29 is 0 Å². The predicted octanol–water partition coefficient (Wildman–Crippen LogP) is 11.3. The number of nitrogens with zero attached hydrogens (tertiary/aromatic N) is 3. The van der Waals surface area contributed by atoms with Gasteiger partial charge in [0.2, 0.25) is 5.96 Å². The molecular weight excluding hydrogens is 609 g/mol. The predicted molar refractivity (Wildman–Crippen MR) is 209 cm³/mol. The van der Waals surface area contributed by atoms with Crippen LogP contribution in [0.2, 0.25) is 0 Å². The van der Waals surface area contributed by atoms with Gasteiger partial charge >= 0.3 is 0 Å². The minimum absolute atomic E-state index is 0.122. The lowest BCUT2D eigenvalue weighted by molar-refractivity contribution is 0.851. The van der Waals surface area contributed by atoms with Crippen LogP contribution >= 0.6 is 0 Å². The third-order valence-corrected chi connectivity index (χ3v) is 10.0. The molecule has 0 saturated heterocycles. The molecule has 0 saturated carbocycles. The van der Waals surface area contributed by atoms with Gasteiger partial charge in [0.25, 0.3) is 0 Å². The lowest BCUT2D eigenvalue weighted by Gasteiger charge is -2.20. The molecule has 1 aliphatic rings. The first-order chi connectivity index (χ1) is 24.8. The van der Waals surface area contributed by atoms with E-state index in [1.807, 2.05) is 6.20 Å². The number of para-hydroxylation sites is 3. The number of hydrogen-bond donors (Lipinski definition) is 1. The minimum atomic E-state index is -0.122. The van der Waals surface area contributed by atoms with E-state index >= 15 is 0 Å². The van der Waals surface area contributed by atoms with E-state index in [2.05, 4.69) is 190 Å². The maximum absolute atomic E-state index is 5.31. The second-order valence-corrected chi connectivity index (χ2v) is 12.9. The number of aliphatic imine (C=N–C) groups is 1. The SMILES string of the molecule is C1=CC(c2cccc(-c3ccc(-c4ccccc4)cc3)c2)N=C(n2c3ccccc3c3cc(-n4c5ccccc5c5ccccc54)ccc32)N1. The molecule has 0 radical (unpaired) electrons. The van der Waals surface area contributed by atoms with Crippen molar-refractivity contribution in [3.63, 3.8) is 0 Å². The van der Waals surface area contributed by atoms with Gasteiger partial charge in [0, 0.05) is 33.4 Å². The van der Waals surface area contributed by atoms with Gasteiger partial charge in [0.05, 0.1) is 28.1 Å². The largest absolute Gasteiger partial charge is 0.332 e. The second-order valence-electron chi connectivity index (χ2n) is 12.9. The van der Waals surface area contributed by atoms with Crippen molar-refractivity contribution in [3.8, 4) is 27.9 Å². The van der Waals surface area contributed by atoms with E-state index in [1.54, 1.807) is 0 Å². The fourth-order valence-corrected chi connectivity index (χ4v) is 7.65. The zero-order valence-corrected chi connectivity index (χ0v) is 27.2. The number of benzene rings is 7. The first-order valence-electron chi connectivity index (χ1n) is 17.1. The summed E-state index contributed by atoms with van der Waals surface area (Å²) in [7, 11) is 0. The fraction of sp³-hybridized carbons (Fsp3) is 0.0217. The van der Waals surface area contributed by atoms with E-state index in [9.17, 15) is 0 Å². The number of fused-ring (bicyclic) bond motifs is 6. The summed E-state index contributed by atoms with van der Waals surface area (Å²) in [6.07, 6.45) is 4.16. The Morgan fingerprint density at radius 1 is 0.420 bits per heavy atom. The first-order valence-corrected chi connectivity index (χ1v) is 17.1. The molecule has 0 bridgehead atoms. The smallest absolute Gasteiger partial charge is 0.208 e. The normalized spacial score (nSPS) is 14.4. The summed E-state index contributed by atoms with van der Waals surface area (Å²) in [6.45, 7) is 0. The summed E-state index contributed by atoms with van der Waals surface area (Å²) in [6, 6.07) is 60.7. The Kier molecular flexibility index (Phi) is 6.53. The molecule has 4 heteroatoms. The summed E-state index contributed by atoms with van der Waals surface area (Å²) < 4.78 is 4.65. The van der Waals surface area contributed by atoms with Crippen molar-refractivity contribution in [2.24, 2.45) is 4.99 Å². The number of hydrogen-bond acceptors (Lipinski definition) is 2.